The van der Waals surface area contributed by atoms with E-state index in [0.29, 0.717) is 12.6 Å². The van der Waals surface area contributed by atoms with Crippen LogP contribution in [0.1, 0.15) is 41.0 Å². The Kier molecular flexibility index (Phi) is 5.17. The number of nitrogens with zero attached hydrogens (tertiary/aromatic N) is 1. The van der Waals surface area contributed by atoms with Crippen molar-refractivity contribution in [3.8, 4) is 0 Å². The smallest absolute Gasteiger partial charge is 0.228 e. The first-order valence-corrected chi connectivity index (χ1v) is 6.96. The quantitative estimate of drug-likeness (QED) is 0.799. The second-order valence-corrected chi connectivity index (χ2v) is 6.45. The molecule has 0 aliphatic carbocycles. The van der Waals surface area contributed by atoms with Crippen LogP contribution < -0.4 is 5.32 Å². The van der Waals surface area contributed by atoms with Gasteiger partial charge in [0.05, 0.1) is 6.10 Å². The van der Waals surface area contributed by atoms with Crippen molar-refractivity contribution in [3.63, 3.8) is 0 Å². The average molecular weight is 256 g/mol. The molecule has 18 heavy (non-hydrogen) atoms. The van der Waals surface area contributed by atoms with Crippen LogP contribution in [-0.4, -0.2) is 47.7 Å². The van der Waals surface area contributed by atoms with Crippen molar-refractivity contribution in [1.29, 1.82) is 0 Å². The number of amides is 1. The zero-order chi connectivity index (χ0) is 13.9. The van der Waals surface area contributed by atoms with Gasteiger partial charge in [0, 0.05) is 30.5 Å². The van der Waals surface area contributed by atoms with Gasteiger partial charge in [-0.3, -0.25) is 4.79 Å². The molecule has 1 aliphatic rings. The highest BCUT2D eigenvalue weighted by molar-refractivity contribution is 5.81. The zero-order valence-electron chi connectivity index (χ0n) is 12.4. The third kappa shape index (κ3) is 3.95. The van der Waals surface area contributed by atoms with Crippen LogP contribution in [-0.2, 0) is 4.79 Å². The monoisotopic (exact) mass is 256 g/mol. The van der Waals surface area contributed by atoms with Crippen molar-refractivity contribution in [2.75, 3.05) is 19.6 Å². The number of hydrogen-bond acceptors (Lipinski definition) is 3. The van der Waals surface area contributed by atoms with Crippen LogP contribution in [0.3, 0.4) is 0 Å². The zero-order valence-corrected chi connectivity index (χ0v) is 12.4. The van der Waals surface area contributed by atoms with Gasteiger partial charge in [-0.2, -0.15) is 0 Å². The first kappa shape index (κ1) is 15.4. The lowest BCUT2D eigenvalue weighted by Crippen LogP contribution is -2.55. The van der Waals surface area contributed by atoms with Gasteiger partial charge in [0.2, 0.25) is 5.91 Å². The van der Waals surface area contributed by atoms with Crippen LogP contribution in [0, 0.1) is 11.3 Å². The maximum absolute atomic E-state index is 12.4. The standard InChI is InChI=1S/C14H28N2O2/c1-6-15-12-7-11(10(2)17)8-16(9-12)13(18)14(3,4)5/h10-12,15,17H,6-9H2,1-5H3. The van der Waals surface area contributed by atoms with Crippen molar-refractivity contribution < 1.29 is 9.90 Å². The Morgan fingerprint density at radius 3 is 2.50 bits per heavy atom. The number of hydrogen-bond donors (Lipinski definition) is 2. The number of carbonyl (C=O) groups is 1. The Morgan fingerprint density at radius 1 is 1.44 bits per heavy atom. The number of aliphatic hydroxyl groups excluding tert-OH is 1. The largest absolute Gasteiger partial charge is 0.393 e. The van der Waals surface area contributed by atoms with E-state index in [0.717, 1.165) is 19.5 Å². The van der Waals surface area contributed by atoms with Gasteiger partial charge in [0.15, 0.2) is 0 Å². The Balaban J connectivity index is 2.75. The fourth-order valence-electron chi connectivity index (χ4n) is 2.56. The highest BCUT2D eigenvalue weighted by atomic mass is 16.3. The van der Waals surface area contributed by atoms with E-state index in [1.807, 2.05) is 32.6 Å². The van der Waals surface area contributed by atoms with E-state index in [-0.39, 0.29) is 23.3 Å². The molecule has 4 nitrogen and oxygen atoms in total. The molecule has 0 radical (unpaired) electrons. The van der Waals surface area contributed by atoms with Crippen LogP contribution in [0.2, 0.25) is 0 Å². The molecule has 4 heteroatoms. The number of likely N-dealkylation sites (N-methyl/N-ethyl adjacent to an activating group) is 1. The first-order chi connectivity index (χ1) is 8.25. The summed E-state index contributed by atoms with van der Waals surface area (Å²) in [7, 11) is 0. The van der Waals surface area contributed by atoms with Crippen molar-refractivity contribution in [2.24, 2.45) is 11.3 Å². The van der Waals surface area contributed by atoms with Crippen LogP contribution in [0.25, 0.3) is 0 Å². The van der Waals surface area contributed by atoms with Crippen LogP contribution >= 0.6 is 0 Å². The van der Waals surface area contributed by atoms with Crippen molar-refractivity contribution >= 4 is 5.91 Å². The SMILES string of the molecule is CCNC1CC(C(C)O)CN(C(=O)C(C)(C)C)C1. The van der Waals surface area contributed by atoms with E-state index in [1.54, 1.807) is 0 Å². The summed E-state index contributed by atoms with van der Waals surface area (Å²) in [6, 6.07) is 0.301. The first-order valence-electron chi connectivity index (χ1n) is 6.96. The fraction of sp³-hybridized carbons (Fsp3) is 0.929. The van der Waals surface area contributed by atoms with Gasteiger partial charge < -0.3 is 15.3 Å². The molecule has 106 valence electrons. The number of piperidine rings is 1. The van der Waals surface area contributed by atoms with Gasteiger partial charge in [-0.1, -0.05) is 27.7 Å². The Morgan fingerprint density at radius 2 is 2.06 bits per heavy atom. The maximum atomic E-state index is 12.4. The number of aliphatic hydroxyl groups is 1. The minimum atomic E-state index is -0.360. The predicted octanol–water partition coefficient (Wildman–Crippen LogP) is 1.24. The summed E-state index contributed by atoms with van der Waals surface area (Å²) < 4.78 is 0. The van der Waals surface area contributed by atoms with Gasteiger partial charge >= 0.3 is 0 Å². The van der Waals surface area contributed by atoms with Crippen LogP contribution in [0.5, 0.6) is 0 Å². The molecule has 1 amide bonds. The molecule has 1 fully saturated rings. The summed E-state index contributed by atoms with van der Waals surface area (Å²) in [6.45, 7) is 12.1. The van der Waals surface area contributed by atoms with Crippen LogP contribution in [0.15, 0.2) is 0 Å². The molecule has 0 aromatic heterocycles. The lowest BCUT2D eigenvalue weighted by Gasteiger charge is -2.41. The van der Waals surface area contributed by atoms with Crippen molar-refractivity contribution in [2.45, 2.75) is 53.2 Å². The molecule has 0 bridgehead atoms. The van der Waals surface area contributed by atoms with Gasteiger partial charge in [-0.15, -0.1) is 0 Å². The molecule has 3 atom stereocenters. The molecule has 1 heterocycles. The van der Waals surface area contributed by atoms with E-state index >= 15 is 0 Å². The minimum Gasteiger partial charge on any atom is -0.393 e. The van der Waals surface area contributed by atoms with E-state index < -0.39 is 0 Å². The molecule has 0 aromatic rings. The predicted molar refractivity (Wildman–Crippen MR) is 73.3 cm³/mol. The number of likely N-dealkylation sites (tertiary alicyclic amines) is 1. The third-order valence-corrected chi connectivity index (χ3v) is 3.59. The lowest BCUT2D eigenvalue weighted by molar-refractivity contribution is -0.142. The van der Waals surface area contributed by atoms with E-state index in [1.165, 1.54) is 0 Å². The molecule has 2 N–H and O–H groups in total. The van der Waals surface area contributed by atoms with Gasteiger partial charge in [-0.05, 0) is 19.9 Å². The second-order valence-electron chi connectivity index (χ2n) is 6.45. The fourth-order valence-corrected chi connectivity index (χ4v) is 2.56. The summed E-state index contributed by atoms with van der Waals surface area (Å²) in [5.74, 6) is 0.352. The Labute approximate surface area is 111 Å². The molecule has 1 aliphatic heterocycles. The molecule has 1 rings (SSSR count). The molecular formula is C14H28N2O2. The highest BCUT2D eigenvalue weighted by Gasteiger charge is 2.35. The molecule has 3 unspecified atom stereocenters. The molecule has 0 spiro atoms. The topological polar surface area (TPSA) is 52.6 Å². The van der Waals surface area contributed by atoms with Gasteiger partial charge in [0.1, 0.15) is 0 Å². The van der Waals surface area contributed by atoms with Gasteiger partial charge in [-0.25, -0.2) is 0 Å². The number of nitrogens with one attached hydrogen (secondary N) is 1. The maximum Gasteiger partial charge on any atom is 0.228 e. The Bertz CT molecular complexity index is 284. The van der Waals surface area contributed by atoms with Crippen LogP contribution in [0.4, 0.5) is 0 Å². The highest BCUT2D eigenvalue weighted by Crippen LogP contribution is 2.25. The second kappa shape index (κ2) is 6.02. The summed E-state index contributed by atoms with van der Waals surface area (Å²) in [5, 5.41) is 13.2. The summed E-state index contributed by atoms with van der Waals surface area (Å²) in [5.41, 5.74) is -0.350. The summed E-state index contributed by atoms with van der Waals surface area (Å²) in [4.78, 5) is 14.3. The van der Waals surface area contributed by atoms with Gasteiger partial charge in [0.25, 0.3) is 0 Å². The van der Waals surface area contributed by atoms with Crippen molar-refractivity contribution in [3.05, 3.63) is 0 Å². The van der Waals surface area contributed by atoms with E-state index in [9.17, 15) is 9.90 Å². The Hall–Kier alpha value is -0.610. The third-order valence-electron chi connectivity index (χ3n) is 3.59. The molecule has 0 aromatic carbocycles. The molecular weight excluding hydrogens is 228 g/mol. The van der Waals surface area contributed by atoms with E-state index in [4.69, 9.17) is 0 Å². The summed E-state index contributed by atoms with van der Waals surface area (Å²) >= 11 is 0. The normalized spacial score (nSPS) is 27.1. The lowest BCUT2D eigenvalue weighted by atomic mass is 9.87. The summed E-state index contributed by atoms with van der Waals surface area (Å²) in [6.07, 6.45) is 0.584. The minimum absolute atomic E-state index is 0.175. The van der Waals surface area contributed by atoms with Crippen molar-refractivity contribution in [1.82, 2.24) is 10.2 Å². The molecule has 0 saturated carbocycles. The van der Waals surface area contributed by atoms with E-state index in [2.05, 4.69) is 12.2 Å². The number of carbonyl (C=O) groups excluding carboxylic acids is 1. The number of rotatable bonds is 3. The molecule has 1 saturated heterocycles. The average Bonchev–Trinajstić information content (AvgIpc) is 2.26.